The highest BCUT2D eigenvalue weighted by Gasteiger charge is 2.17. The summed E-state index contributed by atoms with van der Waals surface area (Å²) in [7, 11) is 0. The molecule has 6 nitrogen and oxygen atoms in total. The van der Waals surface area contributed by atoms with Crippen molar-refractivity contribution in [1.29, 1.82) is 0 Å². The van der Waals surface area contributed by atoms with E-state index in [0.29, 0.717) is 5.39 Å². The lowest BCUT2D eigenvalue weighted by atomic mass is 10.0. The lowest BCUT2D eigenvalue weighted by Gasteiger charge is -2.13. The van der Waals surface area contributed by atoms with Crippen LogP contribution in [0, 0.1) is 0 Å². The molecular formula is C19H19N3O3. The zero-order chi connectivity index (χ0) is 17.8. The van der Waals surface area contributed by atoms with Gasteiger partial charge in [0.25, 0.3) is 5.91 Å². The maximum absolute atomic E-state index is 12.2. The average molecular weight is 337 g/mol. The molecule has 0 saturated carbocycles. The summed E-state index contributed by atoms with van der Waals surface area (Å²) in [4.78, 5) is 24.3. The molecule has 0 spiro atoms. The number of amides is 1. The van der Waals surface area contributed by atoms with Gasteiger partial charge in [0.2, 0.25) is 0 Å². The van der Waals surface area contributed by atoms with Gasteiger partial charge in [-0.1, -0.05) is 50.2 Å². The molecule has 2 aromatic carbocycles. The highest BCUT2D eigenvalue weighted by atomic mass is 16.5. The molecule has 0 saturated heterocycles. The second-order valence-electron chi connectivity index (χ2n) is 5.98. The molecule has 3 aromatic rings. The number of aromatic nitrogens is 2. The molecule has 0 aliphatic rings. The summed E-state index contributed by atoms with van der Waals surface area (Å²) in [6.45, 7) is 3.73. The van der Waals surface area contributed by atoms with E-state index < -0.39 is 5.97 Å². The minimum atomic E-state index is -0.634. The van der Waals surface area contributed by atoms with Crippen LogP contribution in [0.2, 0.25) is 0 Å². The van der Waals surface area contributed by atoms with Gasteiger partial charge < -0.3 is 10.1 Å². The van der Waals surface area contributed by atoms with Crippen LogP contribution in [-0.2, 0) is 9.53 Å². The van der Waals surface area contributed by atoms with Crippen LogP contribution in [-0.4, -0.2) is 28.7 Å². The van der Waals surface area contributed by atoms with Crippen molar-refractivity contribution in [2.75, 3.05) is 11.9 Å². The van der Waals surface area contributed by atoms with Crippen molar-refractivity contribution in [3.8, 4) is 0 Å². The summed E-state index contributed by atoms with van der Waals surface area (Å²) in [6, 6.07) is 14.8. The highest BCUT2D eigenvalue weighted by molar-refractivity contribution is 6.03. The van der Waals surface area contributed by atoms with Crippen LogP contribution >= 0.6 is 0 Å². The quantitative estimate of drug-likeness (QED) is 0.698. The molecule has 1 aromatic heterocycles. The number of ether oxygens (including phenoxy) is 1. The third kappa shape index (κ3) is 3.68. The van der Waals surface area contributed by atoms with Gasteiger partial charge in [-0.25, -0.2) is 4.79 Å². The van der Waals surface area contributed by atoms with E-state index in [4.69, 9.17) is 4.74 Å². The molecule has 6 heteroatoms. The maximum Gasteiger partial charge on any atom is 0.359 e. The SMILES string of the molecule is CC(C)c1ccccc1NC(=O)COC(=O)c1n[nH]c2ccccc12. The Bertz CT molecular complexity index is 915. The van der Waals surface area contributed by atoms with Gasteiger partial charge in [-0.3, -0.25) is 9.89 Å². The second-order valence-corrected chi connectivity index (χ2v) is 5.98. The lowest BCUT2D eigenvalue weighted by molar-refractivity contribution is -0.119. The van der Waals surface area contributed by atoms with E-state index in [1.165, 1.54) is 0 Å². The minimum absolute atomic E-state index is 0.172. The van der Waals surface area contributed by atoms with Crippen LogP contribution < -0.4 is 5.32 Å². The summed E-state index contributed by atoms with van der Waals surface area (Å²) in [5, 5.41) is 10.2. The number of nitrogens with zero attached hydrogens (tertiary/aromatic N) is 1. The number of carbonyl (C=O) groups is 2. The minimum Gasteiger partial charge on any atom is -0.451 e. The first-order valence-corrected chi connectivity index (χ1v) is 8.05. The first-order chi connectivity index (χ1) is 12.1. The fourth-order valence-electron chi connectivity index (χ4n) is 2.62. The molecule has 0 unspecified atom stereocenters. The van der Waals surface area contributed by atoms with Crippen LogP contribution in [0.15, 0.2) is 48.5 Å². The van der Waals surface area contributed by atoms with Crippen LogP contribution in [0.3, 0.4) is 0 Å². The molecule has 1 heterocycles. The van der Waals surface area contributed by atoms with Crippen molar-refractivity contribution in [3.63, 3.8) is 0 Å². The summed E-state index contributed by atoms with van der Waals surface area (Å²) in [5.74, 6) is -0.750. The predicted molar refractivity (Wildman–Crippen MR) is 95.5 cm³/mol. The van der Waals surface area contributed by atoms with E-state index >= 15 is 0 Å². The van der Waals surface area contributed by atoms with Crippen molar-refractivity contribution in [3.05, 3.63) is 59.8 Å². The van der Waals surface area contributed by atoms with Gasteiger partial charge in [0.05, 0.1) is 5.52 Å². The fraction of sp³-hybridized carbons (Fsp3) is 0.211. The number of para-hydroxylation sites is 2. The number of fused-ring (bicyclic) bond motifs is 1. The van der Waals surface area contributed by atoms with Crippen molar-refractivity contribution < 1.29 is 14.3 Å². The Hall–Kier alpha value is -3.15. The van der Waals surface area contributed by atoms with E-state index in [9.17, 15) is 9.59 Å². The van der Waals surface area contributed by atoms with Gasteiger partial charge in [-0.05, 0) is 23.6 Å². The molecule has 128 valence electrons. The van der Waals surface area contributed by atoms with Crippen LogP contribution in [0.25, 0.3) is 10.9 Å². The summed E-state index contributed by atoms with van der Waals surface area (Å²) >= 11 is 0. The molecule has 3 rings (SSSR count). The monoisotopic (exact) mass is 337 g/mol. The number of nitrogens with one attached hydrogen (secondary N) is 2. The van der Waals surface area contributed by atoms with Crippen LogP contribution in [0.4, 0.5) is 5.69 Å². The second kappa shape index (κ2) is 7.17. The van der Waals surface area contributed by atoms with E-state index in [-0.39, 0.29) is 24.1 Å². The number of hydrogen-bond acceptors (Lipinski definition) is 4. The zero-order valence-corrected chi connectivity index (χ0v) is 14.1. The van der Waals surface area contributed by atoms with Gasteiger partial charge in [0, 0.05) is 11.1 Å². The van der Waals surface area contributed by atoms with Crippen LogP contribution in [0.1, 0.15) is 35.8 Å². The maximum atomic E-state index is 12.2. The van der Waals surface area contributed by atoms with Gasteiger partial charge in [-0.2, -0.15) is 5.10 Å². The molecule has 25 heavy (non-hydrogen) atoms. The fourth-order valence-corrected chi connectivity index (χ4v) is 2.62. The van der Waals surface area contributed by atoms with Crippen molar-refractivity contribution >= 4 is 28.5 Å². The first-order valence-electron chi connectivity index (χ1n) is 8.05. The summed E-state index contributed by atoms with van der Waals surface area (Å²) in [6.07, 6.45) is 0. The summed E-state index contributed by atoms with van der Waals surface area (Å²) < 4.78 is 5.10. The Balaban J connectivity index is 1.64. The normalized spacial score (nSPS) is 10.8. The largest absolute Gasteiger partial charge is 0.451 e. The number of esters is 1. The van der Waals surface area contributed by atoms with E-state index in [0.717, 1.165) is 16.8 Å². The molecule has 0 fully saturated rings. The Kier molecular flexibility index (Phi) is 4.79. The standard InChI is InChI=1S/C19H19N3O3/c1-12(2)13-7-3-5-9-15(13)20-17(23)11-25-19(24)18-14-8-4-6-10-16(14)21-22-18/h3-10,12H,11H2,1-2H3,(H,20,23)(H,21,22). The Morgan fingerprint density at radius 2 is 1.84 bits per heavy atom. The Morgan fingerprint density at radius 1 is 1.12 bits per heavy atom. The van der Waals surface area contributed by atoms with Gasteiger partial charge >= 0.3 is 5.97 Å². The van der Waals surface area contributed by atoms with Gasteiger partial charge in [-0.15, -0.1) is 0 Å². The number of aromatic amines is 1. The van der Waals surface area contributed by atoms with Crippen molar-refractivity contribution in [1.82, 2.24) is 10.2 Å². The molecular weight excluding hydrogens is 318 g/mol. The molecule has 0 bridgehead atoms. The van der Waals surface area contributed by atoms with E-state index in [1.54, 1.807) is 6.07 Å². The number of carbonyl (C=O) groups excluding carboxylic acids is 2. The molecule has 1 amide bonds. The third-order valence-corrected chi connectivity index (χ3v) is 3.85. The molecule has 0 atom stereocenters. The average Bonchev–Trinajstić information content (AvgIpc) is 3.04. The summed E-state index contributed by atoms with van der Waals surface area (Å²) in [5.41, 5.74) is 2.67. The number of benzene rings is 2. The number of hydrogen-bond donors (Lipinski definition) is 2. The number of H-pyrrole nitrogens is 1. The molecule has 0 aliphatic heterocycles. The Labute approximate surface area is 145 Å². The van der Waals surface area contributed by atoms with Crippen molar-refractivity contribution in [2.24, 2.45) is 0 Å². The lowest BCUT2D eigenvalue weighted by Crippen LogP contribution is -2.22. The van der Waals surface area contributed by atoms with Crippen molar-refractivity contribution in [2.45, 2.75) is 19.8 Å². The highest BCUT2D eigenvalue weighted by Crippen LogP contribution is 2.23. The molecule has 0 aliphatic carbocycles. The smallest absolute Gasteiger partial charge is 0.359 e. The molecule has 2 N–H and O–H groups in total. The first kappa shape index (κ1) is 16.7. The number of anilines is 1. The van der Waals surface area contributed by atoms with Gasteiger partial charge in [0.1, 0.15) is 0 Å². The van der Waals surface area contributed by atoms with E-state index in [2.05, 4.69) is 15.5 Å². The number of rotatable bonds is 5. The molecule has 0 radical (unpaired) electrons. The zero-order valence-electron chi connectivity index (χ0n) is 14.1. The third-order valence-electron chi connectivity index (χ3n) is 3.85. The predicted octanol–water partition coefficient (Wildman–Crippen LogP) is 3.48. The topological polar surface area (TPSA) is 84.1 Å². The van der Waals surface area contributed by atoms with E-state index in [1.807, 2.05) is 56.3 Å². The van der Waals surface area contributed by atoms with Gasteiger partial charge in [0.15, 0.2) is 12.3 Å². The van der Waals surface area contributed by atoms with Crippen LogP contribution in [0.5, 0.6) is 0 Å². The Morgan fingerprint density at radius 3 is 2.64 bits per heavy atom.